The molecular weight excluding hydrogens is 274 g/mol. The van der Waals surface area contributed by atoms with E-state index in [-0.39, 0.29) is 17.6 Å². The van der Waals surface area contributed by atoms with Gasteiger partial charge in [0.15, 0.2) is 0 Å². The smallest absolute Gasteiger partial charge is 0.138 e. The van der Waals surface area contributed by atoms with E-state index >= 15 is 0 Å². The lowest BCUT2D eigenvalue weighted by atomic mass is 9.89. The third-order valence-electron chi connectivity index (χ3n) is 4.58. The average molecular weight is 296 g/mol. The SMILES string of the molecule is CC(N)C1(c2ccc(OC3CCCOC3)c(Cl)c2)CC1. The molecule has 1 aliphatic carbocycles. The van der Waals surface area contributed by atoms with Gasteiger partial charge in [0.25, 0.3) is 0 Å². The molecule has 110 valence electrons. The maximum absolute atomic E-state index is 6.38. The number of rotatable bonds is 4. The molecule has 1 saturated carbocycles. The van der Waals surface area contributed by atoms with Crippen LogP contribution in [0, 0.1) is 0 Å². The molecule has 2 unspecified atom stereocenters. The van der Waals surface area contributed by atoms with Crippen LogP contribution in [-0.4, -0.2) is 25.4 Å². The Balaban J connectivity index is 1.74. The van der Waals surface area contributed by atoms with Gasteiger partial charge >= 0.3 is 0 Å². The summed E-state index contributed by atoms with van der Waals surface area (Å²) in [6.07, 6.45) is 4.50. The van der Waals surface area contributed by atoms with E-state index in [1.54, 1.807) is 0 Å². The topological polar surface area (TPSA) is 44.5 Å². The van der Waals surface area contributed by atoms with E-state index in [1.165, 1.54) is 5.56 Å². The van der Waals surface area contributed by atoms with Crippen LogP contribution in [0.1, 0.15) is 38.2 Å². The zero-order valence-electron chi connectivity index (χ0n) is 11.9. The summed E-state index contributed by atoms with van der Waals surface area (Å²) in [5.74, 6) is 0.756. The van der Waals surface area contributed by atoms with Crippen molar-refractivity contribution in [2.45, 2.75) is 50.2 Å². The molecule has 0 amide bonds. The van der Waals surface area contributed by atoms with Gasteiger partial charge in [0.2, 0.25) is 0 Å². The van der Waals surface area contributed by atoms with Gasteiger partial charge in [-0.1, -0.05) is 17.7 Å². The molecule has 0 bridgehead atoms. The fourth-order valence-electron chi connectivity index (χ4n) is 3.03. The predicted octanol–water partition coefficient (Wildman–Crippen LogP) is 3.28. The second-order valence-corrected chi connectivity index (χ2v) is 6.45. The number of hydrogen-bond acceptors (Lipinski definition) is 3. The van der Waals surface area contributed by atoms with Gasteiger partial charge in [-0.25, -0.2) is 0 Å². The van der Waals surface area contributed by atoms with Gasteiger partial charge in [-0.3, -0.25) is 0 Å². The zero-order chi connectivity index (χ0) is 14.2. The standard InChI is InChI=1S/C16H22ClNO2/c1-11(18)16(6-7-16)12-4-5-15(14(17)9-12)20-13-3-2-8-19-10-13/h4-5,9,11,13H,2-3,6-8,10,18H2,1H3. The predicted molar refractivity (Wildman–Crippen MR) is 80.5 cm³/mol. The van der Waals surface area contributed by atoms with Crippen molar-refractivity contribution in [3.8, 4) is 5.75 Å². The lowest BCUT2D eigenvalue weighted by molar-refractivity contribution is 0.00746. The molecule has 0 aromatic heterocycles. The monoisotopic (exact) mass is 295 g/mol. The minimum Gasteiger partial charge on any atom is -0.486 e. The van der Waals surface area contributed by atoms with Crippen molar-refractivity contribution >= 4 is 11.6 Å². The third kappa shape index (κ3) is 2.67. The number of ether oxygens (including phenoxy) is 2. The van der Waals surface area contributed by atoms with Crippen LogP contribution in [0.25, 0.3) is 0 Å². The molecule has 2 fully saturated rings. The first kappa shape index (κ1) is 14.2. The van der Waals surface area contributed by atoms with Crippen LogP contribution >= 0.6 is 11.6 Å². The first-order valence-electron chi connectivity index (χ1n) is 7.42. The Morgan fingerprint density at radius 1 is 1.45 bits per heavy atom. The molecule has 0 radical (unpaired) electrons. The van der Waals surface area contributed by atoms with Gasteiger partial charge in [0.05, 0.1) is 11.6 Å². The normalized spacial score (nSPS) is 26.1. The Morgan fingerprint density at radius 3 is 2.80 bits per heavy atom. The van der Waals surface area contributed by atoms with E-state index < -0.39 is 0 Å². The maximum Gasteiger partial charge on any atom is 0.138 e. The van der Waals surface area contributed by atoms with Crippen LogP contribution in [0.15, 0.2) is 18.2 Å². The van der Waals surface area contributed by atoms with Crippen LogP contribution in [0.5, 0.6) is 5.75 Å². The Hall–Kier alpha value is -0.770. The molecule has 1 aliphatic heterocycles. The van der Waals surface area contributed by atoms with Crippen LogP contribution in [-0.2, 0) is 10.2 Å². The average Bonchev–Trinajstić information content (AvgIpc) is 3.24. The number of benzene rings is 1. The molecule has 1 heterocycles. The maximum atomic E-state index is 6.38. The van der Waals surface area contributed by atoms with Crippen molar-refractivity contribution in [1.82, 2.24) is 0 Å². The molecule has 1 saturated heterocycles. The van der Waals surface area contributed by atoms with Crippen LogP contribution in [0.3, 0.4) is 0 Å². The largest absolute Gasteiger partial charge is 0.486 e. The summed E-state index contributed by atoms with van der Waals surface area (Å²) < 4.78 is 11.4. The second-order valence-electron chi connectivity index (χ2n) is 6.05. The number of halogens is 1. The lowest BCUT2D eigenvalue weighted by Crippen LogP contribution is -2.31. The Labute approximate surface area is 125 Å². The Morgan fingerprint density at radius 2 is 2.25 bits per heavy atom. The van der Waals surface area contributed by atoms with Crippen molar-refractivity contribution in [2.24, 2.45) is 5.73 Å². The fraction of sp³-hybridized carbons (Fsp3) is 0.625. The second kappa shape index (κ2) is 5.55. The summed E-state index contributed by atoms with van der Waals surface area (Å²) in [7, 11) is 0. The summed E-state index contributed by atoms with van der Waals surface area (Å²) >= 11 is 6.38. The molecular formula is C16H22ClNO2. The highest BCUT2D eigenvalue weighted by atomic mass is 35.5. The molecule has 3 nitrogen and oxygen atoms in total. The van der Waals surface area contributed by atoms with Crippen LogP contribution in [0.2, 0.25) is 5.02 Å². The molecule has 4 heteroatoms. The van der Waals surface area contributed by atoms with Crippen LogP contribution in [0.4, 0.5) is 0 Å². The fourth-order valence-corrected chi connectivity index (χ4v) is 3.26. The molecule has 1 aromatic rings. The van der Waals surface area contributed by atoms with E-state index in [9.17, 15) is 0 Å². The zero-order valence-corrected chi connectivity index (χ0v) is 12.7. The first-order chi connectivity index (χ1) is 9.62. The molecule has 2 N–H and O–H groups in total. The minimum atomic E-state index is 0.121. The molecule has 2 atom stereocenters. The van der Waals surface area contributed by atoms with Crippen molar-refractivity contribution < 1.29 is 9.47 Å². The van der Waals surface area contributed by atoms with Gasteiger partial charge < -0.3 is 15.2 Å². The molecule has 0 spiro atoms. The van der Waals surface area contributed by atoms with Crippen molar-refractivity contribution in [1.29, 1.82) is 0 Å². The Kier molecular flexibility index (Phi) is 3.93. The molecule has 1 aromatic carbocycles. The van der Waals surface area contributed by atoms with Crippen molar-refractivity contribution in [2.75, 3.05) is 13.2 Å². The van der Waals surface area contributed by atoms with E-state index in [4.69, 9.17) is 26.8 Å². The van der Waals surface area contributed by atoms with Crippen LogP contribution < -0.4 is 10.5 Å². The van der Waals surface area contributed by atoms with Gasteiger partial charge in [-0.15, -0.1) is 0 Å². The summed E-state index contributed by atoms with van der Waals surface area (Å²) in [5.41, 5.74) is 7.49. The Bertz CT molecular complexity index is 479. The summed E-state index contributed by atoms with van der Waals surface area (Å²) in [6.45, 7) is 3.57. The van der Waals surface area contributed by atoms with Crippen molar-refractivity contribution in [3.05, 3.63) is 28.8 Å². The molecule has 2 aliphatic rings. The minimum absolute atomic E-state index is 0.121. The quantitative estimate of drug-likeness (QED) is 0.927. The highest BCUT2D eigenvalue weighted by molar-refractivity contribution is 6.32. The van der Waals surface area contributed by atoms with E-state index in [1.807, 2.05) is 12.1 Å². The highest BCUT2D eigenvalue weighted by Gasteiger charge is 2.47. The third-order valence-corrected chi connectivity index (χ3v) is 4.87. The van der Waals surface area contributed by atoms with Crippen molar-refractivity contribution in [3.63, 3.8) is 0 Å². The lowest BCUT2D eigenvalue weighted by Gasteiger charge is -2.25. The van der Waals surface area contributed by atoms with E-state index in [0.717, 1.165) is 38.0 Å². The summed E-state index contributed by atoms with van der Waals surface area (Å²) in [5, 5.41) is 0.681. The van der Waals surface area contributed by atoms with Gasteiger partial charge in [-0.2, -0.15) is 0 Å². The first-order valence-corrected chi connectivity index (χ1v) is 7.80. The number of nitrogens with two attached hydrogens (primary N) is 1. The van der Waals surface area contributed by atoms with E-state index in [0.29, 0.717) is 11.6 Å². The highest BCUT2D eigenvalue weighted by Crippen LogP contribution is 2.51. The van der Waals surface area contributed by atoms with Gasteiger partial charge in [0.1, 0.15) is 11.9 Å². The number of hydrogen-bond donors (Lipinski definition) is 1. The molecule has 20 heavy (non-hydrogen) atoms. The van der Waals surface area contributed by atoms with Gasteiger partial charge in [-0.05, 0) is 50.3 Å². The summed E-state index contributed by atoms with van der Waals surface area (Å²) in [6, 6.07) is 6.28. The molecule has 3 rings (SSSR count). The summed E-state index contributed by atoms with van der Waals surface area (Å²) in [4.78, 5) is 0. The van der Waals surface area contributed by atoms with E-state index in [2.05, 4.69) is 13.0 Å². The van der Waals surface area contributed by atoms with Gasteiger partial charge in [0, 0.05) is 18.1 Å².